The van der Waals surface area contributed by atoms with Crippen molar-refractivity contribution in [1.29, 1.82) is 10.5 Å². The third-order valence-electron chi connectivity index (χ3n) is 15.0. The van der Waals surface area contributed by atoms with Crippen molar-refractivity contribution < 1.29 is 0 Å². The van der Waals surface area contributed by atoms with Gasteiger partial charge in [-0.25, -0.2) is 9.69 Å². The van der Waals surface area contributed by atoms with Gasteiger partial charge in [0.05, 0.1) is 47.8 Å². The largest absolute Gasteiger partial charge is 0.310 e. The van der Waals surface area contributed by atoms with Gasteiger partial charge in [0.15, 0.2) is 11.4 Å². The van der Waals surface area contributed by atoms with Crippen molar-refractivity contribution in [3.63, 3.8) is 0 Å². The molecule has 78 heavy (non-hydrogen) atoms. The van der Waals surface area contributed by atoms with Crippen LogP contribution in [0.3, 0.4) is 0 Å². The molecule has 0 aliphatic rings. The first-order chi connectivity index (χ1) is 38.1. The van der Waals surface area contributed by atoms with Crippen LogP contribution < -0.4 is 9.80 Å². The van der Waals surface area contributed by atoms with Gasteiger partial charge in [-0.15, -0.1) is 0 Å². The van der Waals surface area contributed by atoms with Crippen molar-refractivity contribution in [3.8, 4) is 56.6 Å². The third kappa shape index (κ3) is 8.77. The van der Waals surface area contributed by atoms with Gasteiger partial charge in [0.2, 0.25) is 0 Å². The van der Waals surface area contributed by atoms with E-state index in [1.807, 2.05) is 97.1 Å². The fourth-order valence-electron chi connectivity index (χ4n) is 11.2. The molecule has 0 unspecified atom stereocenters. The Kier molecular flexibility index (Phi) is 12.3. The number of nitriles is 2. The van der Waals surface area contributed by atoms with Gasteiger partial charge in [-0.3, -0.25) is 0 Å². The molecular weight excluding hydrogens is 949 g/mol. The van der Waals surface area contributed by atoms with Gasteiger partial charge >= 0.3 is 0 Å². The topological polar surface area (TPSA) is 62.8 Å². The molecule has 0 spiro atoms. The highest BCUT2D eigenvalue weighted by atomic mass is 15.2. The highest BCUT2D eigenvalue weighted by molar-refractivity contribution is 6.28. The van der Waals surface area contributed by atoms with Crippen LogP contribution in [0.1, 0.15) is 33.4 Å². The molecule has 6 heteroatoms. The lowest BCUT2D eigenvalue weighted by atomic mass is 9.91. The zero-order valence-corrected chi connectivity index (χ0v) is 43.5. The second kappa shape index (κ2) is 19.8. The normalized spacial score (nSPS) is 11.0. The molecule has 0 N–H and O–H groups in total. The Morgan fingerprint density at radius 3 is 0.974 bits per heavy atom. The molecule has 6 nitrogen and oxygen atoms in total. The van der Waals surface area contributed by atoms with Crippen LogP contribution in [-0.2, 0) is 0 Å². The summed E-state index contributed by atoms with van der Waals surface area (Å²) in [5.74, 6) is 0. The van der Waals surface area contributed by atoms with Gasteiger partial charge < -0.3 is 9.80 Å². The Balaban J connectivity index is 1.11. The van der Waals surface area contributed by atoms with Gasteiger partial charge in [-0.2, -0.15) is 10.5 Å². The molecule has 366 valence electrons. The first kappa shape index (κ1) is 48.2. The number of benzene rings is 12. The van der Waals surface area contributed by atoms with E-state index in [4.69, 9.17) is 13.1 Å². The van der Waals surface area contributed by atoms with E-state index in [0.717, 1.165) is 122 Å². The Hall–Kier alpha value is -10.8. The second-order valence-corrected chi connectivity index (χ2v) is 20.1. The Morgan fingerprint density at radius 1 is 0.333 bits per heavy atom. The molecule has 0 radical (unpaired) electrons. The van der Waals surface area contributed by atoms with E-state index in [2.05, 4.69) is 181 Å². The minimum absolute atomic E-state index is 0.582. The number of nitrogens with zero attached hydrogens (tertiary/aromatic N) is 6. The summed E-state index contributed by atoms with van der Waals surface area (Å²) in [7, 11) is 0. The maximum Gasteiger partial charge on any atom is 0.187 e. The molecule has 0 bridgehead atoms. The van der Waals surface area contributed by atoms with E-state index in [-0.39, 0.29) is 0 Å². The number of rotatable bonds is 10. The minimum atomic E-state index is 0.582. The highest BCUT2D eigenvalue weighted by Crippen LogP contribution is 2.50. The molecule has 0 aromatic heterocycles. The van der Waals surface area contributed by atoms with Gasteiger partial charge in [0, 0.05) is 33.5 Å². The molecule has 0 aliphatic carbocycles. The Morgan fingerprint density at radius 2 is 0.654 bits per heavy atom. The predicted molar refractivity (Wildman–Crippen MR) is 322 cm³/mol. The first-order valence-electron chi connectivity index (χ1n) is 25.8. The van der Waals surface area contributed by atoms with E-state index in [1.165, 1.54) is 11.1 Å². The zero-order chi connectivity index (χ0) is 53.6. The fraction of sp³-hybridized carbons (Fsp3) is 0.0556. The van der Waals surface area contributed by atoms with Crippen LogP contribution in [0.25, 0.3) is 86.5 Å². The standard InChI is InChI=1S/C72H48N6/c1-45-7-31-67(47(3)35-45)77(63-39-57(51-13-9-49(43-73)10-14-51)37-59(41-63)53-17-25-61(75-5)26-18-53)69-33-23-55-22-30-66-70(34-24-56-21-29-65(69)71(55)72(56)66)78(68-32-8-46(2)36-48(68)4)64-40-58(52-15-11-50(44-74)12-16-52)38-60(42-64)54-19-27-62(76-6)28-20-54/h7-42H,1-4H3. The molecule has 0 saturated carbocycles. The molecule has 0 fully saturated rings. The number of hydrogen-bond acceptors (Lipinski definition) is 4. The van der Waals surface area contributed by atoms with Crippen molar-refractivity contribution in [1.82, 2.24) is 0 Å². The van der Waals surface area contributed by atoms with Gasteiger partial charge in [0.1, 0.15) is 0 Å². The second-order valence-electron chi connectivity index (χ2n) is 20.1. The smallest absolute Gasteiger partial charge is 0.187 e. The van der Waals surface area contributed by atoms with Crippen molar-refractivity contribution >= 4 is 77.8 Å². The SMILES string of the molecule is [C-]#[N+]c1ccc(-c2cc(-c3ccc(C#N)cc3)cc(N(c3ccc(C)cc3C)c3ccc4ccc5c(N(c6cc(-c7ccc(C#N)cc7)cc(-c7ccc([N+]#[C-])cc7)c6)c6ccc(C)cc6C)ccc6ccc3c4c65)c2)cc1. The van der Waals surface area contributed by atoms with Crippen molar-refractivity contribution in [2.45, 2.75) is 27.7 Å². The average molecular weight is 997 g/mol. The van der Waals surface area contributed by atoms with E-state index in [1.54, 1.807) is 0 Å². The summed E-state index contributed by atoms with van der Waals surface area (Å²) in [5.41, 5.74) is 21.0. The molecule has 0 heterocycles. The lowest BCUT2D eigenvalue weighted by Crippen LogP contribution is -2.13. The number of anilines is 6. The van der Waals surface area contributed by atoms with Gasteiger partial charge in [0.25, 0.3) is 0 Å². The molecular formula is C72H48N6. The summed E-state index contributed by atoms with van der Waals surface area (Å²) in [6.45, 7) is 23.9. The van der Waals surface area contributed by atoms with Gasteiger partial charge in [-0.1, -0.05) is 145 Å². The molecule has 0 amide bonds. The van der Waals surface area contributed by atoms with Crippen LogP contribution in [0.2, 0.25) is 0 Å². The number of aryl methyl sites for hydroxylation is 4. The van der Waals surface area contributed by atoms with E-state index in [0.29, 0.717) is 22.5 Å². The maximum atomic E-state index is 9.74. The van der Waals surface area contributed by atoms with E-state index < -0.39 is 0 Å². The monoisotopic (exact) mass is 996 g/mol. The maximum absolute atomic E-state index is 9.74. The summed E-state index contributed by atoms with van der Waals surface area (Å²) in [4.78, 5) is 12.2. The summed E-state index contributed by atoms with van der Waals surface area (Å²) in [6, 6.07) is 80.4. The Labute approximate surface area is 454 Å². The van der Waals surface area contributed by atoms with E-state index in [9.17, 15) is 10.5 Å². The third-order valence-corrected chi connectivity index (χ3v) is 15.0. The van der Waals surface area contributed by atoms with E-state index >= 15 is 0 Å². The molecule has 0 atom stereocenters. The zero-order valence-electron chi connectivity index (χ0n) is 43.5. The summed E-state index contributed by atoms with van der Waals surface area (Å²) >= 11 is 0. The molecule has 0 aliphatic heterocycles. The molecule has 12 aromatic rings. The first-order valence-corrected chi connectivity index (χ1v) is 25.8. The average Bonchev–Trinajstić information content (AvgIpc) is 3.46. The van der Waals surface area contributed by atoms with Crippen LogP contribution in [0.15, 0.2) is 218 Å². The molecule has 12 rings (SSSR count). The quantitative estimate of drug-likeness (QED) is 0.101. The molecule has 12 aromatic carbocycles. The Bertz CT molecular complexity index is 4060. The predicted octanol–water partition coefficient (Wildman–Crippen LogP) is 20.3. The number of hydrogen-bond donors (Lipinski definition) is 0. The summed E-state index contributed by atoms with van der Waals surface area (Å²) in [5, 5.41) is 26.2. The highest BCUT2D eigenvalue weighted by Gasteiger charge is 2.25. The van der Waals surface area contributed by atoms with Crippen LogP contribution in [-0.4, -0.2) is 0 Å². The summed E-state index contributed by atoms with van der Waals surface area (Å²) in [6.07, 6.45) is 0. The van der Waals surface area contributed by atoms with Crippen LogP contribution in [0, 0.1) is 63.5 Å². The molecule has 0 saturated heterocycles. The lowest BCUT2D eigenvalue weighted by molar-refractivity contribution is 1.25. The van der Waals surface area contributed by atoms with Crippen LogP contribution in [0.5, 0.6) is 0 Å². The lowest BCUT2D eigenvalue weighted by Gasteiger charge is -2.31. The minimum Gasteiger partial charge on any atom is -0.310 e. The van der Waals surface area contributed by atoms with Crippen molar-refractivity contribution in [3.05, 3.63) is 275 Å². The fourth-order valence-corrected chi connectivity index (χ4v) is 11.2. The van der Waals surface area contributed by atoms with Crippen LogP contribution in [0.4, 0.5) is 45.5 Å². The summed E-state index contributed by atoms with van der Waals surface area (Å²) < 4.78 is 0. The van der Waals surface area contributed by atoms with Gasteiger partial charge in [-0.05, 0) is 190 Å². The van der Waals surface area contributed by atoms with Crippen LogP contribution >= 0.6 is 0 Å². The van der Waals surface area contributed by atoms with Crippen molar-refractivity contribution in [2.75, 3.05) is 9.80 Å². The van der Waals surface area contributed by atoms with Crippen molar-refractivity contribution in [2.24, 2.45) is 0 Å².